The summed E-state index contributed by atoms with van der Waals surface area (Å²) in [5.74, 6) is 1.04. The van der Waals surface area contributed by atoms with Crippen molar-refractivity contribution in [2.75, 3.05) is 26.7 Å². The molecule has 0 aromatic heterocycles. The third-order valence-electron chi connectivity index (χ3n) is 3.42. The molecule has 0 spiro atoms. The Morgan fingerprint density at radius 3 is 2.67 bits per heavy atom. The molecule has 2 rings (SSSR count). The summed E-state index contributed by atoms with van der Waals surface area (Å²) in [6.45, 7) is 3.98. The molecule has 1 aliphatic heterocycles. The molecule has 2 nitrogen and oxygen atoms in total. The van der Waals surface area contributed by atoms with E-state index in [0.717, 1.165) is 12.0 Å². The fraction of sp³-hybridized carbons (Fsp3) is 1.00. The van der Waals surface area contributed by atoms with Gasteiger partial charge in [-0.25, -0.2) is 0 Å². The number of nitrogens with one attached hydrogen (secondary N) is 1. The maximum atomic E-state index is 3.36. The first-order chi connectivity index (χ1) is 5.88. The van der Waals surface area contributed by atoms with E-state index in [0.29, 0.717) is 0 Å². The predicted molar refractivity (Wildman–Crippen MR) is 51.2 cm³/mol. The monoisotopic (exact) mass is 168 g/mol. The molecule has 1 atom stereocenters. The van der Waals surface area contributed by atoms with Crippen LogP contribution >= 0.6 is 0 Å². The van der Waals surface area contributed by atoms with Crippen molar-refractivity contribution < 1.29 is 0 Å². The Kier molecular flexibility index (Phi) is 2.66. The van der Waals surface area contributed by atoms with Crippen molar-refractivity contribution in [3.63, 3.8) is 0 Å². The molecule has 1 saturated heterocycles. The Balaban J connectivity index is 1.68. The minimum absolute atomic E-state index is 0.769. The first-order valence-electron chi connectivity index (χ1n) is 5.28. The Labute approximate surface area is 75.3 Å². The van der Waals surface area contributed by atoms with Gasteiger partial charge in [-0.3, -0.25) is 0 Å². The van der Waals surface area contributed by atoms with Crippen LogP contribution in [0.5, 0.6) is 0 Å². The van der Waals surface area contributed by atoms with Crippen LogP contribution in [0, 0.1) is 5.92 Å². The first-order valence-corrected chi connectivity index (χ1v) is 5.28. The van der Waals surface area contributed by atoms with E-state index in [4.69, 9.17) is 0 Å². The van der Waals surface area contributed by atoms with Gasteiger partial charge in [0.25, 0.3) is 0 Å². The van der Waals surface area contributed by atoms with Crippen LogP contribution in [0.4, 0.5) is 0 Å². The van der Waals surface area contributed by atoms with E-state index < -0.39 is 0 Å². The molecule has 1 saturated carbocycles. The molecular weight excluding hydrogens is 148 g/mol. The first kappa shape index (κ1) is 8.52. The van der Waals surface area contributed by atoms with Crippen LogP contribution < -0.4 is 5.32 Å². The molecule has 1 unspecified atom stereocenters. The van der Waals surface area contributed by atoms with E-state index in [1.807, 2.05) is 0 Å². The summed E-state index contributed by atoms with van der Waals surface area (Å²) in [7, 11) is 2.08. The Hall–Kier alpha value is -0.0800. The van der Waals surface area contributed by atoms with Gasteiger partial charge in [-0.05, 0) is 38.8 Å². The van der Waals surface area contributed by atoms with Gasteiger partial charge in [-0.1, -0.05) is 6.42 Å². The molecule has 0 aromatic carbocycles. The summed E-state index contributed by atoms with van der Waals surface area (Å²) in [4.78, 5) is 2.63. The van der Waals surface area contributed by atoms with Gasteiger partial charge in [0.15, 0.2) is 0 Å². The molecule has 1 heterocycles. The molecular formula is C10H20N2. The Bertz CT molecular complexity index is 143. The fourth-order valence-corrected chi connectivity index (χ4v) is 2.27. The van der Waals surface area contributed by atoms with E-state index in [2.05, 4.69) is 17.3 Å². The van der Waals surface area contributed by atoms with Crippen LogP contribution in [0.3, 0.4) is 0 Å². The van der Waals surface area contributed by atoms with Crippen molar-refractivity contribution in [3.05, 3.63) is 0 Å². The normalized spacial score (nSPS) is 32.2. The number of hydrogen-bond acceptors (Lipinski definition) is 2. The Morgan fingerprint density at radius 1 is 1.33 bits per heavy atom. The molecule has 1 N–H and O–H groups in total. The van der Waals surface area contributed by atoms with E-state index >= 15 is 0 Å². The van der Waals surface area contributed by atoms with Crippen LogP contribution in [0.1, 0.15) is 25.7 Å². The third-order valence-corrected chi connectivity index (χ3v) is 3.42. The molecule has 2 aliphatic rings. The van der Waals surface area contributed by atoms with Crippen molar-refractivity contribution in [3.8, 4) is 0 Å². The van der Waals surface area contributed by atoms with Crippen molar-refractivity contribution in [1.82, 2.24) is 10.2 Å². The topological polar surface area (TPSA) is 15.3 Å². The molecule has 2 heteroatoms. The van der Waals surface area contributed by atoms with Crippen molar-refractivity contribution in [1.29, 1.82) is 0 Å². The summed E-state index contributed by atoms with van der Waals surface area (Å²) in [5, 5.41) is 3.36. The lowest BCUT2D eigenvalue weighted by atomic mass is 9.85. The highest BCUT2D eigenvalue weighted by Gasteiger charge is 2.25. The summed E-state index contributed by atoms with van der Waals surface area (Å²) in [5.41, 5.74) is 0. The fourth-order valence-electron chi connectivity index (χ4n) is 2.27. The molecule has 70 valence electrons. The van der Waals surface area contributed by atoms with Gasteiger partial charge in [-0.2, -0.15) is 0 Å². The quantitative estimate of drug-likeness (QED) is 0.678. The van der Waals surface area contributed by atoms with E-state index in [9.17, 15) is 0 Å². The molecule has 0 amide bonds. The molecule has 0 aromatic rings. The zero-order chi connectivity index (χ0) is 8.39. The molecule has 1 aliphatic carbocycles. The van der Waals surface area contributed by atoms with Gasteiger partial charge in [0, 0.05) is 19.1 Å². The van der Waals surface area contributed by atoms with Crippen LogP contribution in [-0.4, -0.2) is 37.6 Å². The summed E-state index contributed by atoms with van der Waals surface area (Å²) in [6.07, 6.45) is 5.80. The summed E-state index contributed by atoms with van der Waals surface area (Å²) in [6, 6.07) is 0.769. The number of rotatable bonds is 3. The van der Waals surface area contributed by atoms with Crippen molar-refractivity contribution >= 4 is 0 Å². The molecule has 0 radical (unpaired) electrons. The second-order valence-corrected chi connectivity index (χ2v) is 4.33. The maximum Gasteiger partial charge on any atom is 0.0204 e. The van der Waals surface area contributed by atoms with E-state index in [1.54, 1.807) is 0 Å². The van der Waals surface area contributed by atoms with Crippen molar-refractivity contribution in [2.24, 2.45) is 5.92 Å². The maximum absolute atomic E-state index is 3.36. The van der Waals surface area contributed by atoms with Crippen LogP contribution in [-0.2, 0) is 0 Å². The van der Waals surface area contributed by atoms with Crippen LogP contribution in [0.15, 0.2) is 0 Å². The average Bonchev–Trinajstić information content (AvgIpc) is 2.44. The summed E-state index contributed by atoms with van der Waals surface area (Å²) < 4.78 is 0. The van der Waals surface area contributed by atoms with Gasteiger partial charge in [0.05, 0.1) is 0 Å². The number of likely N-dealkylation sites (N-methyl/N-ethyl adjacent to an activating group) is 1. The van der Waals surface area contributed by atoms with Gasteiger partial charge in [0.1, 0.15) is 0 Å². The minimum atomic E-state index is 0.769. The number of likely N-dealkylation sites (tertiary alicyclic amines) is 1. The van der Waals surface area contributed by atoms with Crippen molar-refractivity contribution in [2.45, 2.75) is 31.7 Å². The van der Waals surface area contributed by atoms with Gasteiger partial charge in [-0.15, -0.1) is 0 Å². The lowest BCUT2D eigenvalue weighted by Crippen LogP contribution is -2.34. The average molecular weight is 168 g/mol. The highest BCUT2D eigenvalue weighted by molar-refractivity contribution is 4.83. The minimum Gasteiger partial charge on any atom is -0.316 e. The molecule has 2 fully saturated rings. The smallest absolute Gasteiger partial charge is 0.0204 e. The largest absolute Gasteiger partial charge is 0.316 e. The lowest BCUT2D eigenvalue weighted by Gasteiger charge is -2.29. The van der Waals surface area contributed by atoms with Crippen LogP contribution in [0.25, 0.3) is 0 Å². The molecule has 0 bridgehead atoms. The number of hydrogen-bond donors (Lipinski definition) is 1. The highest BCUT2D eigenvalue weighted by atomic mass is 15.2. The number of nitrogens with zero attached hydrogens (tertiary/aromatic N) is 1. The third kappa shape index (κ3) is 1.80. The zero-order valence-corrected chi connectivity index (χ0v) is 8.05. The highest BCUT2D eigenvalue weighted by Crippen LogP contribution is 2.28. The predicted octanol–water partition coefficient (Wildman–Crippen LogP) is 1.08. The summed E-state index contributed by atoms with van der Waals surface area (Å²) >= 11 is 0. The van der Waals surface area contributed by atoms with Gasteiger partial charge < -0.3 is 10.2 Å². The van der Waals surface area contributed by atoms with E-state index in [1.165, 1.54) is 45.3 Å². The zero-order valence-electron chi connectivity index (χ0n) is 8.05. The second-order valence-electron chi connectivity index (χ2n) is 4.33. The molecule has 12 heavy (non-hydrogen) atoms. The van der Waals surface area contributed by atoms with Crippen LogP contribution in [0.2, 0.25) is 0 Å². The lowest BCUT2D eigenvalue weighted by molar-refractivity contribution is 0.203. The Morgan fingerprint density at radius 2 is 2.17 bits per heavy atom. The standard InChI is InChI=1S/C10H20N2/c1-11-10-5-6-12(8-10)7-9-3-2-4-9/h9-11H,2-8H2,1H3. The van der Waals surface area contributed by atoms with E-state index in [-0.39, 0.29) is 0 Å². The van der Waals surface area contributed by atoms with Gasteiger partial charge >= 0.3 is 0 Å². The van der Waals surface area contributed by atoms with Gasteiger partial charge in [0.2, 0.25) is 0 Å². The SMILES string of the molecule is CNC1CCN(CC2CCC2)C1. The second kappa shape index (κ2) is 3.75.